The molecule has 0 spiro atoms. The van der Waals surface area contributed by atoms with E-state index in [1.54, 1.807) is 55.5 Å². The number of aryl methyl sites for hydroxylation is 1. The maximum Gasteiger partial charge on any atom is 0.274 e. The highest BCUT2D eigenvalue weighted by Gasteiger charge is 2.12. The summed E-state index contributed by atoms with van der Waals surface area (Å²) in [6, 6.07) is 15.2. The van der Waals surface area contributed by atoms with Gasteiger partial charge in [-0.1, -0.05) is 12.1 Å². The van der Waals surface area contributed by atoms with Gasteiger partial charge in [0.2, 0.25) is 0 Å². The fourth-order valence-corrected chi connectivity index (χ4v) is 2.70. The lowest BCUT2D eigenvalue weighted by Gasteiger charge is -2.10. The predicted octanol–water partition coefficient (Wildman–Crippen LogP) is 4.19. The van der Waals surface area contributed by atoms with E-state index in [4.69, 9.17) is 0 Å². The van der Waals surface area contributed by atoms with Crippen molar-refractivity contribution in [1.29, 1.82) is 0 Å². The van der Waals surface area contributed by atoms with Crippen LogP contribution in [0.4, 0.5) is 17.2 Å². The second-order valence-corrected chi connectivity index (χ2v) is 6.54. The van der Waals surface area contributed by atoms with Crippen LogP contribution in [0.15, 0.2) is 54.6 Å². The van der Waals surface area contributed by atoms with Crippen LogP contribution in [0.25, 0.3) is 0 Å². The fraction of sp³-hybridized carbons (Fsp3) is 0.136. The van der Waals surface area contributed by atoms with E-state index in [-0.39, 0.29) is 17.3 Å². The Kier molecular flexibility index (Phi) is 5.78. The molecule has 29 heavy (non-hydrogen) atoms. The van der Waals surface area contributed by atoms with Gasteiger partial charge >= 0.3 is 0 Å². The van der Waals surface area contributed by atoms with Crippen molar-refractivity contribution in [3.63, 3.8) is 0 Å². The maximum atomic E-state index is 12.6. The van der Waals surface area contributed by atoms with Crippen LogP contribution in [0.2, 0.25) is 0 Å². The standard InChI is InChI=1S/C22H20N4O3/c1-13(27)16-7-9-18(10-8-16)25-21-12-20(23-15(3)24-21)22(29)26-19-6-4-5-17(11-19)14(2)28/h4-12H,1-3H3,(H,26,29)(H,23,24,25). The second-order valence-electron chi connectivity index (χ2n) is 6.54. The summed E-state index contributed by atoms with van der Waals surface area (Å²) in [6.45, 7) is 4.67. The Morgan fingerprint density at radius 1 is 0.793 bits per heavy atom. The Bertz CT molecular complexity index is 1090. The second kappa shape index (κ2) is 8.43. The lowest BCUT2D eigenvalue weighted by atomic mass is 10.1. The molecule has 146 valence electrons. The molecule has 3 aromatic rings. The Balaban J connectivity index is 1.79. The molecule has 7 nitrogen and oxygen atoms in total. The van der Waals surface area contributed by atoms with Gasteiger partial charge in [-0.3, -0.25) is 14.4 Å². The zero-order chi connectivity index (χ0) is 21.0. The molecule has 0 unspecified atom stereocenters. The van der Waals surface area contributed by atoms with Crippen molar-refractivity contribution in [1.82, 2.24) is 9.97 Å². The quantitative estimate of drug-likeness (QED) is 0.614. The molecule has 2 N–H and O–H groups in total. The van der Waals surface area contributed by atoms with Crippen molar-refractivity contribution in [2.24, 2.45) is 0 Å². The molecule has 0 aliphatic carbocycles. The molecular weight excluding hydrogens is 368 g/mol. The first-order valence-corrected chi connectivity index (χ1v) is 8.98. The maximum absolute atomic E-state index is 12.6. The van der Waals surface area contributed by atoms with Crippen LogP contribution in [0.1, 0.15) is 50.9 Å². The summed E-state index contributed by atoms with van der Waals surface area (Å²) in [5.41, 5.74) is 2.55. The highest BCUT2D eigenvalue weighted by Crippen LogP contribution is 2.18. The number of hydrogen-bond donors (Lipinski definition) is 2. The highest BCUT2D eigenvalue weighted by atomic mass is 16.2. The minimum atomic E-state index is -0.411. The molecule has 1 aromatic heterocycles. The highest BCUT2D eigenvalue weighted by molar-refractivity contribution is 6.04. The van der Waals surface area contributed by atoms with Crippen molar-refractivity contribution in [2.45, 2.75) is 20.8 Å². The number of aromatic nitrogens is 2. The van der Waals surface area contributed by atoms with Crippen LogP contribution in [0.5, 0.6) is 0 Å². The van der Waals surface area contributed by atoms with Crippen molar-refractivity contribution in [2.75, 3.05) is 10.6 Å². The van der Waals surface area contributed by atoms with Gasteiger partial charge in [0.25, 0.3) is 5.91 Å². The number of carbonyl (C=O) groups is 3. The largest absolute Gasteiger partial charge is 0.340 e. The molecule has 1 amide bonds. The number of anilines is 3. The van der Waals surface area contributed by atoms with Crippen LogP contribution in [0.3, 0.4) is 0 Å². The first-order chi connectivity index (χ1) is 13.8. The summed E-state index contributed by atoms with van der Waals surface area (Å²) < 4.78 is 0. The predicted molar refractivity (Wildman–Crippen MR) is 111 cm³/mol. The minimum Gasteiger partial charge on any atom is -0.340 e. The molecule has 0 radical (unpaired) electrons. The number of rotatable bonds is 6. The number of nitrogens with zero attached hydrogens (tertiary/aromatic N) is 2. The lowest BCUT2D eigenvalue weighted by molar-refractivity contribution is 0.100. The minimum absolute atomic E-state index is 0.0118. The fourth-order valence-electron chi connectivity index (χ4n) is 2.70. The van der Waals surface area contributed by atoms with Crippen molar-refractivity contribution in [3.05, 3.63) is 77.2 Å². The molecule has 0 saturated heterocycles. The van der Waals surface area contributed by atoms with Gasteiger partial charge in [-0.25, -0.2) is 9.97 Å². The van der Waals surface area contributed by atoms with E-state index in [0.29, 0.717) is 28.5 Å². The van der Waals surface area contributed by atoms with E-state index in [0.717, 1.165) is 5.69 Å². The molecule has 1 heterocycles. The van der Waals surface area contributed by atoms with E-state index >= 15 is 0 Å². The topological polar surface area (TPSA) is 101 Å². The third-order valence-electron chi connectivity index (χ3n) is 4.16. The number of ketones is 2. The number of carbonyl (C=O) groups excluding carboxylic acids is 3. The van der Waals surface area contributed by atoms with Gasteiger partial charge in [-0.2, -0.15) is 0 Å². The summed E-state index contributed by atoms with van der Waals surface area (Å²) in [7, 11) is 0. The van der Waals surface area contributed by atoms with Crippen molar-refractivity contribution >= 4 is 34.7 Å². The molecule has 7 heteroatoms. The van der Waals surface area contributed by atoms with E-state index in [9.17, 15) is 14.4 Å². The molecule has 2 aromatic carbocycles. The summed E-state index contributed by atoms with van der Waals surface area (Å²) in [4.78, 5) is 44.0. The Morgan fingerprint density at radius 2 is 1.48 bits per heavy atom. The summed E-state index contributed by atoms with van der Waals surface area (Å²) in [5, 5.41) is 5.85. The Hall–Kier alpha value is -3.87. The number of amides is 1. The van der Waals surface area contributed by atoms with Crippen LogP contribution >= 0.6 is 0 Å². The summed E-state index contributed by atoms with van der Waals surface area (Å²) >= 11 is 0. The zero-order valence-electron chi connectivity index (χ0n) is 16.3. The van der Waals surface area contributed by atoms with Crippen molar-refractivity contribution < 1.29 is 14.4 Å². The number of benzene rings is 2. The molecular formula is C22H20N4O3. The van der Waals surface area contributed by atoms with Crippen LogP contribution in [-0.2, 0) is 0 Å². The van der Waals surface area contributed by atoms with Crippen LogP contribution < -0.4 is 10.6 Å². The SMILES string of the molecule is CC(=O)c1ccc(Nc2cc(C(=O)Nc3cccc(C(C)=O)c3)nc(C)n2)cc1. The number of hydrogen-bond acceptors (Lipinski definition) is 6. The van der Waals surface area contributed by atoms with Gasteiger partial charge in [0.1, 0.15) is 17.3 Å². The average molecular weight is 388 g/mol. The first kappa shape index (κ1) is 19.9. The lowest BCUT2D eigenvalue weighted by Crippen LogP contribution is -2.15. The van der Waals surface area contributed by atoms with Gasteiger partial charge in [0.15, 0.2) is 11.6 Å². The number of nitrogens with one attached hydrogen (secondary N) is 2. The molecule has 0 fully saturated rings. The molecule has 0 saturated carbocycles. The summed E-state index contributed by atoms with van der Waals surface area (Å²) in [5.74, 6) is 0.378. The van der Waals surface area contributed by atoms with E-state index in [2.05, 4.69) is 20.6 Å². The molecule has 0 aliphatic heterocycles. The van der Waals surface area contributed by atoms with Gasteiger partial charge in [0.05, 0.1) is 0 Å². The van der Waals surface area contributed by atoms with Crippen LogP contribution in [-0.4, -0.2) is 27.4 Å². The van der Waals surface area contributed by atoms with Crippen molar-refractivity contribution in [3.8, 4) is 0 Å². The summed E-state index contributed by atoms with van der Waals surface area (Å²) in [6.07, 6.45) is 0. The van der Waals surface area contributed by atoms with Crippen LogP contribution in [0, 0.1) is 6.92 Å². The normalized spacial score (nSPS) is 10.3. The van der Waals surface area contributed by atoms with Gasteiger partial charge in [-0.15, -0.1) is 0 Å². The van der Waals surface area contributed by atoms with Gasteiger partial charge in [0, 0.05) is 28.6 Å². The van der Waals surface area contributed by atoms with E-state index in [1.165, 1.54) is 19.9 Å². The van der Waals surface area contributed by atoms with E-state index < -0.39 is 5.91 Å². The van der Waals surface area contributed by atoms with Gasteiger partial charge in [-0.05, 0) is 57.2 Å². The Labute approximate surface area is 168 Å². The monoisotopic (exact) mass is 388 g/mol. The average Bonchev–Trinajstić information content (AvgIpc) is 2.68. The zero-order valence-corrected chi connectivity index (χ0v) is 16.3. The molecule has 0 bridgehead atoms. The van der Waals surface area contributed by atoms with Gasteiger partial charge < -0.3 is 10.6 Å². The van der Waals surface area contributed by atoms with E-state index in [1.807, 2.05) is 0 Å². The molecule has 3 rings (SSSR count). The molecule has 0 aliphatic rings. The smallest absolute Gasteiger partial charge is 0.274 e. The third-order valence-corrected chi connectivity index (χ3v) is 4.16. The first-order valence-electron chi connectivity index (χ1n) is 8.98. The Morgan fingerprint density at radius 3 is 2.14 bits per heavy atom. The number of Topliss-reactive ketones (excluding diaryl/α,β-unsaturated/α-hetero) is 2. The molecule has 0 atom stereocenters. The third kappa shape index (κ3) is 5.10.